The van der Waals surface area contributed by atoms with Crippen molar-refractivity contribution >= 4 is 42.9 Å². The van der Waals surface area contributed by atoms with Gasteiger partial charge in [-0.15, -0.1) is 0 Å². The van der Waals surface area contributed by atoms with E-state index in [1.807, 2.05) is 65.8 Å². The van der Waals surface area contributed by atoms with Crippen LogP contribution < -0.4 is 15.2 Å². The van der Waals surface area contributed by atoms with Crippen molar-refractivity contribution in [1.82, 2.24) is 20.1 Å². The standard InChI is InChI=1S/C41H62N5O11P/c1-27(2)21-36(43-41(52)37-15-11-18-46(37)31(6)48)39(50)23-33(40(51)42-28(3)38(49)24-35(29(4)47)30(5)57-58(53,54)55)22-34-25-44(17-12-20-56-7)26-45(34)19-16-32-13-9-8-10-14-32/h8-10,13-14,25-28,30,33,35-37H,11-12,15-24H2,1-7H3,(H3-,42,43,51,52,53,54,55)/p+1/t28-,30+,33+,35+,36-,37-/m0/s1. The second-order valence-corrected chi connectivity index (χ2v) is 17.0. The van der Waals surface area contributed by atoms with Crippen LogP contribution in [0, 0.1) is 17.8 Å². The van der Waals surface area contributed by atoms with E-state index in [1.54, 1.807) is 7.11 Å². The number of hydrogen-bond acceptors (Lipinski definition) is 9. The van der Waals surface area contributed by atoms with Crippen molar-refractivity contribution in [2.45, 2.75) is 130 Å². The summed E-state index contributed by atoms with van der Waals surface area (Å²) in [6.45, 7) is 11.4. The number of amides is 3. The van der Waals surface area contributed by atoms with Crippen LogP contribution in [0.2, 0.25) is 0 Å². The lowest BCUT2D eigenvalue weighted by Gasteiger charge is -2.27. The monoisotopic (exact) mass is 832 g/mol. The molecule has 1 saturated heterocycles. The van der Waals surface area contributed by atoms with Crippen molar-refractivity contribution in [3.8, 4) is 0 Å². The second kappa shape index (κ2) is 22.9. The number of rotatable bonds is 25. The number of phosphoric acid groups is 1. The molecule has 1 fully saturated rings. The first kappa shape index (κ1) is 48.3. The zero-order chi connectivity index (χ0) is 43.2. The maximum Gasteiger partial charge on any atom is 0.469 e. The number of Topliss-reactive ketones (excluding diaryl/α,β-unsaturated/α-hetero) is 3. The van der Waals surface area contributed by atoms with Gasteiger partial charge in [-0.3, -0.25) is 33.3 Å². The fraction of sp³-hybridized carbons (Fsp3) is 0.634. The smallest absolute Gasteiger partial charge is 0.385 e. The molecule has 2 aromatic rings. The number of carbonyl (C=O) groups excluding carboxylic acids is 6. The summed E-state index contributed by atoms with van der Waals surface area (Å²) >= 11 is 0. The zero-order valence-corrected chi connectivity index (χ0v) is 35.8. The molecule has 1 aliphatic heterocycles. The molecule has 0 spiro atoms. The van der Waals surface area contributed by atoms with Crippen molar-refractivity contribution in [3.05, 3.63) is 54.1 Å². The minimum Gasteiger partial charge on any atom is -0.385 e. The van der Waals surface area contributed by atoms with Gasteiger partial charge in [-0.1, -0.05) is 44.2 Å². The molecular formula is C41H63N5O11P+. The van der Waals surface area contributed by atoms with Gasteiger partial charge < -0.3 is 30.1 Å². The Labute approximate surface area is 341 Å². The molecule has 0 radical (unpaired) electrons. The minimum atomic E-state index is -4.96. The number of methoxy groups -OCH3 is 1. The van der Waals surface area contributed by atoms with Crippen LogP contribution in [-0.2, 0) is 68.5 Å². The van der Waals surface area contributed by atoms with E-state index >= 15 is 0 Å². The molecule has 4 N–H and O–H groups in total. The number of benzene rings is 1. The molecule has 1 aliphatic rings. The van der Waals surface area contributed by atoms with E-state index in [0.717, 1.165) is 17.7 Å². The average Bonchev–Trinajstić information content (AvgIpc) is 3.79. The number of imidazole rings is 1. The Kier molecular flexibility index (Phi) is 19.1. The summed E-state index contributed by atoms with van der Waals surface area (Å²) in [5, 5.41) is 5.63. The van der Waals surface area contributed by atoms with Crippen molar-refractivity contribution < 1.29 is 56.9 Å². The van der Waals surface area contributed by atoms with Gasteiger partial charge in [0, 0.05) is 59.3 Å². The third-order valence-electron chi connectivity index (χ3n) is 10.5. The van der Waals surface area contributed by atoms with Gasteiger partial charge >= 0.3 is 7.82 Å². The normalized spacial score (nSPS) is 17.0. The molecule has 2 heterocycles. The first-order chi connectivity index (χ1) is 27.3. The van der Waals surface area contributed by atoms with Crippen molar-refractivity contribution in [1.29, 1.82) is 0 Å². The molecule has 6 atom stereocenters. The number of likely N-dealkylation sites (tertiary alicyclic amines) is 1. The molecule has 1 aromatic heterocycles. The van der Waals surface area contributed by atoms with Crippen LogP contribution in [0.5, 0.6) is 0 Å². The fourth-order valence-electron chi connectivity index (χ4n) is 7.39. The number of nitrogens with one attached hydrogen (secondary N) is 2. The highest BCUT2D eigenvalue weighted by Crippen LogP contribution is 2.39. The lowest BCUT2D eigenvalue weighted by atomic mass is 9.89. The number of nitrogens with zero attached hydrogens (tertiary/aromatic N) is 3. The molecule has 3 rings (SSSR count). The zero-order valence-electron chi connectivity index (χ0n) is 34.9. The predicted octanol–water partition coefficient (Wildman–Crippen LogP) is 2.88. The number of carbonyl (C=O) groups is 6. The van der Waals surface area contributed by atoms with E-state index in [2.05, 4.69) is 10.6 Å². The quantitative estimate of drug-likeness (QED) is 0.0649. The van der Waals surface area contributed by atoms with Crippen molar-refractivity contribution in [2.24, 2.45) is 17.8 Å². The van der Waals surface area contributed by atoms with E-state index in [1.165, 1.54) is 32.6 Å². The van der Waals surface area contributed by atoms with Crippen LogP contribution in [-0.4, -0.2) is 98.8 Å². The Hall–Kier alpha value is -4.08. The number of ketones is 3. The fourth-order valence-corrected chi connectivity index (χ4v) is 7.97. The number of aromatic nitrogens is 2. The highest BCUT2D eigenvalue weighted by atomic mass is 31.2. The SMILES string of the molecule is COCCC[n+]1cc(C[C@H](CC(=O)[C@H](CC(C)C)NC(=O)[C@@H]2CCCN2C(C)=O)C(=O)N[C@@H](C)C(=O)C[C@H](C(C)=O)[C@@H](C)OP(=O)(O)O)n(CCc2ccccc2)c1. The van der Waals surface area contributed by atoms with Crippen LogP contribution in [0.1, 0.15) is 91.3 Å². The number of ether oxygens (including phenoxy) is 1. The summed E-state index contributed by atoms with van der Waals surface area (Å²) < 4.78 is 25.5. The van der Waals surface area contributed by atoms with Crippen LogP contribution in [0.25, 0.3) is 0 Å². The summed E-state index contributed by atoms with van der Waals surface area (Å²) in [6.07, 6.45) is 4.87. The summed E-state index contributed by atoms with van der Waals surface area (Å²) in [5.41, 5.74) is 1.89. The molecule has 17 heteroatoms. The Morgan fingerprint density at radius 3 is 2.28 bits per heavy atom. The predicted molar refractivity (Wildman–Crippen MR) is 214 cm³/mol. The van der Waals surface area contributed by atoms with Gasteiger partial charge in [0.25, 0.3) is 0 Å². The topological polar surface area (TPSA) is 215 Å². The number of aryl methyl sites for hydroxylation is 3. The first-order valence-corrected chi connectivity index (χ1v) is 21.6. The Morgan fingerprint density at radius 2 is 1.67 bits per heavy atom. The lowest BCUT2D eigenvalue weighted by Crippen LogP contribution is -2.51. The van der Waals surface area contributed by atoms with Gasteiger partial charge in [0.1, 0.15) is 23.7 Å². The Balaban J connectivity index is 1.94. The molecule has 58 heavy (non-hydrogen) atoms. The summed E-state index contributed by atoms with van der Waals surface area (Å²) in [4.78, 5) is 100. The molecule has 0 saturated carbocycles. The van der Waals surface area contributed by atoms with Crippen LogP contribution >= 0.6 is 7.82 Å². The maximum absolute atomic E-state index is 14.3. The molecule has 322 valence electrons. The van der Waals surface area contributed by atoms with E-state index in [0.29, 0.717) is 51.9 Å². The maximum atomic E-state index is 14.3. The van der Waals surface area contributed by atoms with Crippen LogP contribution in [0.15, 0.2) is 42.9 Å². The molecule has 0 bridgehead atoms. The Bertz CT molecular complexity index is 1760. The van der Waals surface area contributed by atoms with Gasteiger partial charge in [0.05, 0.1) is 43.1 Å². The van der Waals surface area contributed by atoms with E-state index in [-0.39, 0.29) is 30.4 Å². The summed E-state index contributed by atoms with van der Waals surface area (Å²) in [6, 6.07) is 7.17. The average molecular weight is 833 g/mol. The first-order valence-electron chi connectivity index (χ1n) is 20.1. The molecular weight excluding hydrogens is 769 g/mol. The van der Waals surface area contributed by atoms with Crippen LogP contribution in [0.3, 0.4) is 0 Å². The number of hydrogen-bond donors (Lipinski definition) is 4. The number of phosphoric ester groups is 1. The van der Waals surface area contributed by atoms with Gasteiger partial charge in [-0.05, 0) is 51.5 Å². The van der Waals surface area contributed by atoms with E-state index in [4.69, 9.17) is 9.26 Å². The van der Waals surface area contributed by atoms with Gasteiger partial charge in [-0.2, -0.15) is 0 Å². The van der Waals surface area contributed by atoms with Gasteiger partial charge in [0.2, 0.25) is 24.0 Å². The van der Waals surface area contributed by atoms with Gasteiger partial charge in [-0.25, -0.2) is 13.7 Å². The molecule has 0 unspecified atom stereocenters. The second-order valence-electron chi connectivity index (χ2n) is 15.8. The van der Waals surface area contributed by atoms with Crippen molar-refractivity contribution in [2.75, 3.05) is 20.3 Å². The lowest BCUT2D eigenvalue weighted by molar-refractivity contribution is -0.697. The minimum absolute atomic E-state index is 0.000832. The molecule has 1 aromatic carbocycles. The summed E-state index contributed by atoms with van der Waals surface area (Å²) in [5.74, 6) is -4.88. The highest BCUT2D eigenvalue weighted by molar-refractivity contribution is 7.46. The Morgan fingerprint density at radius 1 is 0.983 bits per heavy atom. The third kappa shape index (κ3) is 15.6. The van der Waals surface area contributed by atoms with Gasteiger partial charge in [0.15, 0.2) is 11.6 Å². The third-order valence-corrected chi connectivity index (χ3v) is 11.1. The van der Waals surface area contributed by atoms with E-state index in [9.17, 15) is 43.1 Å². The largest absolute Gasteiger partial charge is 0.469 e. The van der Waals surface area contributed by atoms with E-state index < -0.39 is 73.7 Å². The molecule has 16 nitrogen and oxygen atoms in total. The molecule has 3 amide bonds. The van der Waals surface area contributed by atoms with Crippen molar-refractivity contribution in [3.63, 3.8) is 0 Å². The summed E-state index contributed by atoms with van der Waals surface area (Å²) in [7, 11) is -3.33. The molecule has 0 aliphatic carbocycles. The highest BCUT2D eigenvalue weighted by Gasteiger charge is 2.37. The van der Waals surface area contributed by atoms with Crippen LogP contribution in [0.4, 0.5) is 0 Å².